The van der Waals surface area contributed by atoms with Gasteiger partial charge in [-0.15, -0.1) is 0 Å². The number of ether oxygens (including phenoxy) is 2. The van der Waals surface area contributed by atoms with E-state index in [9.17, 15) is 19.5 Å². The van der Waals surface area contributed by atoms with Crippen molar-refractivity contribution in [1.29, 1.82) is 0 Å². The molecule has 3 atom stereocenters. The number of benzene rings is 1. The lowest BCUT2D eigenvalue weighted by molar-refractivity contribution is -0.0532. The number of nitrogens with zero attached hydrogens (tertiary/aromatic N) is 1. The normalized spacial score (nSPS) is 21.9. The average Bonchev–Trinajstić information content (AvgIpc) is 3.02. The zero-order valence-corrected chi connectivity index (χ0v) is 17.0. The van der Waals surface area contributed by atoms with E-state index in [1.165, 1.54) is 10.8 Å². The first-order valence-corrected chi connectivity index (χ1v) is 9.50. The maximum Gasteiger partial charge on any atom is 0.338 e. The van der Waals surface area contributed by atoms with Crippen LogP contribution in [0.5, 0.6) is 0 Å². The largest absolute Gasteiger partial charge is 0.459 e. The van der Waals surface area contributed by atoms with Gasteiger partial charge in [-0.1, -0.05) is 39.0 Å². The second kappa shape index (κ2) is 7.96. The summed E-state index contributed by atoms with van der Waals surface area (Å²) < 4.78 is 12.4. The quantitative estimate of drug-likeness (QED) is 0.753. The molecule has 1 fully saturated rings. The maximum absolute atomic E-state index is 12.6. The van der Waals surface area contributed by atoms with Crippen LogP contribution in [0.3, 0.4) is 0 Å². The van der Waals surface area contributed by atoms with Gasteiger partial charge in [0.15, 0.2) is 0 Å². The standard InChI is InChI=1S/C21H26N2O6/c1-12-10-23(20(27)22-18(12)25)17-9-15(24)16(29-17)11-28-19(26)13-7-5-6-8-14(13)21(2,3)4/h5-8,10,15-17,24H,9,11H2,1-4H3,(H,22,25,27)/t15-,16+,17+/m0/s1. The van der Waals surface area contributed by atoms with Gasteiger partial charge in [0.05, 0.1) is 11.7 Å². The third-order valence-corrected chi connectivity index (χ3v) is 4.99. The smallest absolute Gasteiger partial charge is 0.338 e. The number of carbonyl (C=O) groups is 1. The van der Waals surface area contributed by atoms with Crippen molar-refractivity contribution in [3.05, 3.63) is 68.0 Å². The Morgan fingerprint density at radius 3 is 2.69 bits per heavy atom. The number of aliphatic hydroxyl groups excluding tert-OH is 1. The molecule has 1 aliphatic rings. The van der Waals surface area contributed by atoms with Crippen LogP contribution in [0, 0.1) is 6.92 Å². The zero-order chi connectivity index (χ0) is 21.3. The first-order chi connectivity index (χ1) is 13.6. The number of aromatic nitrogens is 2. The number of aryl methyl sites for hydroxylation is 1. The molecule has 29 heavy (non-hydrogen) atoms. The van der Waals surface area contributed by atoms with E-state index >= 15 is 0 Å². The summed E-state index contributed by atoms with van der Waals surface area (Å²) in [5, 5.41) is 10.3. The molecule has 156 valence electrons. The van der Waals surface area contributed by atoms with Crippen LogP contribution >= 0.6 is 0 Å². The molecule has 8 heteroatoms. The van der Waals surface area contributed by atoms with Crippen LogP contribution in [0.25, 0.3) is 0 Å². The van der Waals surface area contributed by atoms with Crippen molar-refractivity contribution in [2.24, 2.45) is 0 Å². The average molecular weight is 402 g/mol. The van der Waals surface area contributed by atoms with Crippen molar-refractivity contribution >= 4 is 5.97 Å². The Kier molecular flexibility index (Phi) is 5.77. The molecule has 0 saturated carbocycles. The van der Waals surface area contributed by atoms with Gasteiger partial charge in [-0.3, -0.25) is 14.3 Å². The second-order valence-electron chi connectivity index (χ2n) is 8.30. The van der Waals surface area contributed by atoms with Crippen LogP contribution in [0.1, 0.15) is 54.9 Å². The van der Waals surface area contributed by atoms with E-state index in [0.717, 1.165) is 5.56 Å². The van der Waals surface area contributed by atoms with Gasteiger partial charge in [0.2, 0.25) is 0 Å². The van der Waals surface area contributed by atoms with Crippen molar-refractivity contribution in [1.82, 2.24) is 9.55 Å². The maximum atomic E-state index is 12.6. The predicted octanol–water partition coefficient (Wildman–Crippen LogP) is 1.65. The number of hydrogen-bond acceptors (Lipinski definition) is 6. The number of H-pyrrole nitrogens is 1. The topological polar surface area (TPSA) is 111 Å². The van der Waals surface area contributed by atoms with Gasteiger partial charge in [-0.25, -0.2) is 9.59 Å². The fraction of sp³-hybridized carbons (Fsp3) is 0.476. The van der Waals surface area contributed by atoms with Gasteiger partial charge in [0, 0.05) is 18.2 Å². The molecule has 1 aliphatic heterocycles. The van der Waals surface area contributed by atoms with Crippen LogP contribution < -0.4 is 11.2 Å². The van der Waals surface area contributed by atoms with Crippen molar-refractivity contribution in [3.63, 3.8) is 0 Å². The van der Waals surface area contributed by atoms with Crippen LogP contribution in [0.2, 0.25) is 0 Å². The lowest BCUT2D eigenvalue weighted by atomic mass is 9.84. The summed E-state index contributed by atoms with van der Waals surface area (Å²) in [4.78, 5) is 38.4. The number of aromatic amines is 1. The fourth-order valence-electron chi connectivity index (χ4n) is 3.39. The molecule has 0 aliphatic carbocycles. The van der Waals surface area contributed by atoms with Gasteiger partial charge >= 0.3 is 11.7 Å². The summed E-state index contributed by atoms with van der Waals surface area (Å²) >= 11 is 0. The van der Waals surface area contributed by atoms with E-state index < -0.39 is 35.7 Å². The molecule has 8 nitrogen and oxygen atoms in total. The number of esters is 1. The van der Waals surface area contributed by atoms with E-state index in [4.69, 9.17) is 9.47 Å². The molecule has 0 radical (unpaired) electrons. The Bertz CT molecular complexity index is 1020. The number of rotatable bonds is 4. The summed E-state index contributed by atoms with van der Waals surface area (Å²) in [5.74, 6) is -0.494. The summed E-state index contributed by atoms with van der Waals surface area (Å²) in [7, 11) is 0. The number of aliphatic hydroxyl groups is 1. The fourth-order valence-corrected chi connectivity index (χ4v) is 3.39. The highest BCUT2D eigenvalue weighted by Crippen LogP contribution is 2.29. The number of nitrogens with one attached hydrogen (secondary N) is 1. The minimum Gasteiger partial charge on any atom is -0.459 e. The second-order valence-corrected chi connectivity index (χ2v) is 8.30. The highest BCUT2D eigenvalue weighted by molar-refractivity contribution is 5.91. The molecule has 1 aromatic heterocycles. The predicted molar refractivity (Wildman–Crippen MR) is 106 cm³/mol. The number of hydrogen-bond donors (Lipinski definition) is 2. The first-order valence-electron chi connectivity index (χ1n) is 9.50. The van der Waals surface area contributed by atoms with Crippen molar-refractivity contribution < 1.29 is 19.4 Å². The molecule has 0 amide bonds. The van der Waals surface area contributed by atoms with E-state index in [1.54, 1.807) is 19.1 Å². The number of carbonyl (C=O) groups excluding carboxylic acids is 1. The lowest BCUT2D eigenvalue weighted by Gasteiger charge is -2.22. The molecular formula is C21H26N2O6. The molecule has 1 aromatic carbocycles. The Labute approximate surface area is 168 Å². The lowest BCUT2D eigenvalue weighted by Crippen LogP contribution is -2.33. The van der Waals surface area contributed by atoms with Gasteiger partial charge in [-0.2, -0.15) is 0 Å². The first kappa shape index (κ1) is 21.0. The minimum atomic E-state index is -0.912. The van der Waals surface area contributed by atoms with Gasteiger partial charge in [-0.05, 0) is 24.0 Å². The molecule has 2 heterocycles. The third-order valence-electron chi connectivity index (χ3n) is 4.99. The highest BCUT2D eigenvalue weighted by Gasteiger charge is 2.36. The summed E-state index contributed by atoms with van der Waals surface area (Å²) in [6.07, 6.45) is -0.896. The van der Waals surface area contributed by atoms with E-state index in [2.05, 4.69) is 4.98 Å². The van der Waals surface area contributed by atoms with E-state index in [-0.39, 0.29) is 18.4 Å². The molecule has 0 unspecified atom stereocenters. The van der Waals surface area contributed by atoms with Gasteiger partial charge in [0.1, 0.15) is 18.9 Å². The Balaban J connectivity index is 1.70. The molecule has 1 saturated heterocycles. The van der Waals surface area contributed by atoms with Crippen LogP contribution in [0.4, 0.5) is 0 Å². The molecule has 3 rings (SSSR count). The van der Waals surface area contributed by atoms with Gasteiger partial charge in [0.25, 0.3) is 5.56 Å². The van der Waals surface area contributed by atoms with E-state index in [0.29, 0.717) is 11.1 Å². The minimum absolute atomic E-state index is 0.145. The van der Waals surface area contributed by atoms with Gasteiger partial charge < -0.3 is 14.6 Å². The summed E-state index contributed by atoms with van der Waals surface area (Å²) in [6, 6.07) is 7.24. The molecule has 2 N–H and O–H groups in total. The Hall–Kier alpha value is -2.71. The zero-order valence-electron chi connectivity index (χ0n) is 17.0. The van der Waals surface area contributed by atoms with Crippen molar-refractivity contribution in [2.75, 3.05) is 6.61 Å². The summed E-state index contributed by atoms with van der Waals surface area (Å²) in [6.45, 7) is 7.46. The SMILES string of the molecule is Cc1cn([C@H]2C[C@H](O)[C@@H](COC(=O)c3ccccc3C(C)(C)C)O2)c(=O)[nH]c1=O. The van der Waals surface area contributed by atoms with Crippen LogP contribution in [0.15, 0.2) is 40.1 Å². The van der Waals surface area contributed by atoms with Crippen molar-refractivity contribution in [3.8, 4) is 0 Å². The third kappa shape index (κ3) is 4.49. The Morgan fingerprint density at radius 1 is 1.31 bits per heavy atom. The van der Waals surface area contributed by atoms with Crippen LogP contribution in [-0.2, 0) is 14.9 Å². The van der Waals surface area contributed by atoms with Crippen LogP contribution in [-0.4, -0.2) is 39.4 Å². The van der Waals surface area contributed by atoms with E-state index in [1.807, 2.05) is 32.9 Å². The highest BCUT2D eigenvalue weighted by atomic mass is 16.6. The monoisotopic (exact) mass is 402 g/mol. The Morgan fingerprint density at radius 2 is 2.00 bits per heavy atom. The molecule has 0 spiro atoms. The summed E-state index contributed by atoms with van der Waals surface area (Å²) in [5.41, 5.74) is 0.383. The molecular weight excluding hydrogens is 376 g/mol. The van der Waals surface area contributed by atoms with Crippen molar-refractivity contribution in [2.45, 2.75) is 58.0 Å². The molecule has 0 bridgehead atoms. The molecule has 2 aromatic rings.